The number of fused-ring (bicyclic) bond motifs is 1. The summed E-state index contributed by atoms with van der Waals surface area (Å²) in [4.78, 5) is 18.0. The zero-order chi connectivity index (χ0) is 26.1. The van der Waals surface area contributed by atoms with Crippen LogP contribution in [0.5, 0.6) is 0 Å². The number of nitrogens with zero attached hydrogens (tertiary/aromatic N) is 6. The van der Waals surface area contributed by atoms with Crippen LogP contribution in [0.2, 0.25) is 0 Å². The summed E-state index contributed by atoms with van der Waals surface area (Å²) in [6, 6.07) is 9.32. The van der Waals surface area contributed by atoms with E-state index in [1.54, 1.807) is 24.3 Å². The summed E-state index contributed by atoms with van der Waals surface area (Å²) in [7, 11) is 0. The Labute approximate surface area is 220 Å². The largest absolute Gasteiger partial charge is 0.378 e. The monoisotopic (exact) mass is 529 g/mol. The number of alkyl halides is 3. The molecule has 3 aliphatic rings. The molecule has 0 amide bonds. The Kier molecular flexibility index (Phi) is 7.38. The van der Waals surface area contributed by atoms with Crippen molar-refractivity contribution in [2.45, 2.75) is 50.7 Å². The van der Waals surface area contributed by atoms with Crippen molar-refractivity contribution < 1.29 is 17.9 Å². The van der Waals surface area contributed by atoms with Gasteiger partial charge in [0.25, 0.3) is 6.43 Å². The fraction of sp³-hybridized carbons (Fsp3) is 0.593. The molecular formula is C27H34F3N7O. The Morgan fingerprint density at radius 1 is 0.974 bits per heavy atom. The van der Waals surface area contributed by atoms with E-state index >= 15 is 0 Å². The van der Waals surface area contributed by atoms with Gasteiger partial charge in [0, 0.05) is 44.8 Å². The number of nitrogens with one attached hydrogen (secondary N) is 1. The van der Waals surface area contributed by atoms with Crippen molar-refractivity contribution >= 4 is 22.8 Å². The van der Waals surface area contributed by atoms with Crippen molar-refractivity contribution in [1.82, 2.24) is 24.4 Å². The first-order valence-electron chi connectivity index (χ1n) is 13.6. The van der Waals surface area contributed by atoms with E-state index in [1.165, 1.54) is 4.57 Å². The molecule has 1 atom stereocenters. The molecule has 0 unspecified atom stereocenters. The SMILES string of the molecule is FC(F)c1nc2ccccc2n1-c1cc(NC[C@H]2CC[C@@H](N3CC[C@H](F)C3)CC2)nc(N2CCOCC2)n1. The normalized spacial score (nSPS) is 24.9. The number of halogens is 3. The van der Waals surface area contributed by atoms with Crippen LogP contribution in [0.25, 0.3) is 16.9 Å². The highest BCUT2D eigenvalue weighted by Crippen LogP contribution is 2.32. The molecule has 6 rings (SSSR count). The third-order valence-electron chi connectivity index (χ3n) is 8.07. The van der Waals surface area contributed by atoms with Gasteiger partial charge >= 0.3 is 0 Å². The summed E-state index contributed by atoms with van der Waals surface area (Å²) in [5.74, 6) is 1.61. The van der Waals surface area contributed by atoms with E-state index in [0.717, 1.165) is 38.8 Å². The predicted molar refractivity (Wildman–Crippen MR) is 140 cm³/mol. The summed E-state index contributed by atoms with van der Waals surface area (Å²) in [5.41, 5.74) is 1.08. The van der Waals surface area contributed by atoms with E-state index in [-0.39, 0.29) is 5.82 Å². The number of ether oxygens (including phenoxy) is 1. The lowest BCUT2D eigenvalue weighted by Crippen LogP contribution is -2.38. The van der Waals surface area contributed by atoms with Crippen molar-refractivity contribution in [2.75, 3.05) is 56.2 Å². The number of anilines is 2. The molecule has 3 aromatic rings. The van der Waals surface area contributed by atoms with Gasteiger partial charge in [-0.1, -0.05) is 12.1 Å². The number of aromatic nitrogens is 4. The molecule has 0 radical (unpaired) electrons. The zero-order valence-electron chi connectivity index (χ0n) is 21.4. The van der Waals surface area contributed by atoms with E-state index in [1.807, 2.05) is 11.0 Å². The van der Waals surface area contributed by atoms with Crippen LogP contribution < -0.4 is 10.2 Å². The van der Waals surface area contributed by atoms with Crippen LogP contribution in [0.1, 0.15) is 44.4 Å². The van der Waals surface area contributed by atoms with Gasteiger partial charge in [-0.15, -0.1) is 0 Å². The fourth-order valence-corrected chi connectivity index (χ4v) is 6.00. The number of hydrogen-bond donors (Lipinski definition) is 1. The van der Waals surface area contributed by atoms with Crippen LogP contribution in [-0.2, 0) is 4.74 Å². The maximum absolute atomic E-state index is 14.1. The molecule has 1 N–H and O–H groups in total. The highest BCUT2D eigenvalue weighted by Gasteiger charge is 2.31. The van der Waals surface area contributed by atoms with Crippen LogP contribution in [0.3, 0.4) is 0 Å². The summed E-state index contributed by atoms with van der Waals surface area (Å²) in [6.07, 6.45) is 1.52. The number of imidazole rings is 1. The Morgan fingerprint density at radius 2 is 1.76 bits per heavy atom. The summed E-state index contributed by atoms with van der Waals surface area (Å²) in [5, 5.41) is 3.48. The molecule has 2 saturated heterocycles. The molecule has 1 aliphatic carbocycles. The molecule has 1 saturated carbocycles. The standard InChI is InChI=1S/C27H34F3N7O/c28-19-9-10-36(17-19)20-7-5-18(6-8-20)16-31-23-15-24(34-27(33-23)35-11-13-38-14-12-35)37-22-4-2-1-3-21(22)32-26(37)25(29)30/h1-4,15,18-20,25H,5-14,16-17H2,(H,31,33,34)/t18-,19-,20+/m0/s1. The molecule has 0 spiro atoms. The third-order valence-corrected chi connectivity index (χ3v) is 8.07. The first-order valence-corrected chi connectivity index (χ1v) is 13.6. The minimum atomic E-state index is -2.75. The molecule has 204 valence electrons. The smallest absolute Gasteiger partial charge is 0.296 e. The van der Waals surface area contributed by atoms with Gasteiger partial charge in [-0.2, -0.15) is 9.97 Å². The Bertz CT molecular complexity index is 1240. The van der Waals surface area contributed by atoms with Gasteiger partial charge in [0.2, 0.25) is 5.95 Å². The lowest BCUT2D eigenvalue weighted by molar-refractivity contribution is 0.122. The molecule has 4 heterocycles. The highest BCUT2D eigenvalue weighted by molar-refractivity contribution is 5.78. The maximum atomic E-state index is 14.1. The van der Waals surface area contributed by atoms with Crippen molar-refractivity contribution in [1.29, 1.82) is 0 Å². The Hall–Kier alpha value is -2.92. The van der Waals surface area contributed by atoms with Gasteiger partial charge in [0.15, 0.2) is 5.82 Å². The molecule has 2 aliphatic heterocycles. The molecule has 38 heavy (non-hydrogen) atoms. The van der Waals surface area contributed by atoms with Gasteiger partial charge in [-0.3, -0.25) is 9.47 Å². The fourth-order valence-electron chi connectivity index (χ4n) is 6.00. The van der Waals surface area contributed by atoms with Crippen molar-refractivity contribution in [3.05, 3.63) is 36.2 Å². The van der Waals surface area contributed by atoms with Crippen LogP contribution >= 0.6 is 0 Å². The molecule has 0 bridgehead atoms. The summed E-state index contributed by atoms with van der Waals surface area (Å²) >= 11 is 0. The van der Waals surface area contributed by atoms with Crippen LogP contribution in [0, 0.1) is 5.92 Å². The average molecular weight is 530 g/mol. The summed E-state index contributed by atoms with van der Waals surface area (Å²) < 4.78 is 48.7. The molecule has 11 heteroatoms. The van der Waals surface area contributed by atoms with Crippen molar-refractivity contribution in [2.24, 2.45) is 5.92 Å². The number of rotatable bonds is 7. The van der Waals surface area contributed by atoms with Gasteiger partial charge in [0.05, 0.1) is 24.2 Å². The third kappa shape index (κ3) is 5.31. The lowest BCUT2D eigenvalue weighted by atomic mass is 9.85. The number of para-hydroxylation sites is 2. The molecule has 1 aromatic carbocycles. The molecular weight excluding hydrogens is 495 g/mol. The number of morpholine rings is 1. The molecule has 2 aromatic heterocycles. The number of benzene rings is 1. The van der Waals surface area contributed by atoms with E-state index in [0.29, 0.717) is 79.8 Å². The second kappa shape index (κ2) is 11.1. The predicted octanol–water partition coefficient (Wildman–Crippen LogP) is 4.60. The molecule has 3 fully saturated rings. The number of hydrogen-bond acceptors (Lipinski definition) is 7. The van der Waals surface area contributed by atoms with E-state index in [2.05, 4.69) is 15.2 Å². The van der Waals surface area contributed by atoms with E-state index in [4.69, 9.17) is 14.7 Å². The van der Waals surface area contributed by atoms with Crippen LogP contribution in [0.4, 0.5) is 24.9 Å². The lowest BCUT2D eigenvalue weighted by Gasteiger charge is -2.34. The molecule has 8 nitrogen and oxygen atoms in total. The second-order valence-electron chi connectivity index (χ2n) is 10.5. The van der Waals surface area contributed by atoms with Gasteiger partial charge in [-0.25, -0.2) is 18.2 Å². The first-order chi connectivity index (χ1) is 18.5. The number of likely N-dealkylation sites (tertiary alicyclic amines) is 1. The van der Waals surface area contributed by atoms with E-state index < -0.39 is 12.6 Å². The minimum Gasteiger partial charge on any atom is -0.378 e. The van der Waals surface area contributed by atoms with Gasteiger partial charge in [-0.05, 0) is 50.2 Å². The van der Waals surface area contributed by atoms with Gasteiger partial charge < -0.3 is 15.0 Å². The van der Waals surface area contributed by atoms with Crippen LogP contribution in [-0.4, -0.2) is 82.6 Å². The second-order valence-corrected chi connectivity index (χ2v) is 10.5. The van der Waals surface area contributed by atoms with Crippen molar-refractivity contribution in [3.8, 4) is 5.82 Å². The minimum absolute atomic E-state index is 0.334. The average Bonchev–Trinajstić information content (AvgIpc) is 3.56. The quantitative estimate of drug-likeness (QED) is 0.480. The topological polar surface area (TPSA) is 71.3 Å². The highest BCUT2D eigenvalue weighted by atomic mass is 19.3. The Balaban J connectivity index is 1.24. The van der Waals surface area contributed by atoms with Crippen LogP contribution in [0.15, 0.2) is 30.3 Å². The Morgan fingerprint density at radius 3 is 2.50 bits per heavy atom. The zero-order valence-corrected chi connectivity index (χ0v) is 21.4. The van der Waals surface area contributed by atoms with E-state index in [9.17, 15) is 13.2 Å². The summed E-state index contributed by atoms with van der Waals surface area (Å²) in [6.45, 7) is 4.58. The first kappa shape index (κ1) is 25.4. The maximum Gasteiger partial charge on any atom is 0.296 e. The van der Waals surface area contributed by atoms with Crippen molar-refractivity contribution in [3.63, 3.8) is 0 Å². The van der Waals surface area contributed by atoms with Gasteiger partial charge in [0.1, 0.15) is 17.8 Å².